The van der Waals surface area contributed by atoms with Crippen LogP contribution in [0, 0.1) is 11.8 Å². The maximum atomic E-state index is 11.8. The number of carbonyl (C=O) groups excluding carboxylic acids is 1. The summed E-state index contributed by atoms with van der Waals surface area (Å²) in [6.45, 7) is 0. The van der Waals surface area contributed by atoms with Crippen molar-refractivity contribution in [1.82, 2.24) is 0 Å². The van der Waals surface area contributed by atoms with E-state index in [1.165, 1.54) is 32.8 Å². The number of nitrogens with one attached hydrogen (secondary N) is 1. The van der Waals surface area contributed by atoms with E-state index in [-0.39, 0.29) is 5.97 Å². The lowest BCUT2D eigenvalue weighted by Crippen LogP contribution is -2.27. The minimum absolute atomic E-state index is 0.335. The van der Waals surface area contributed by atoms with Gasteiger partial charge in [-0.05, 0) is 43.2 Å². The van der Waals surface area contributed by atoms with Crippen LogP contribution in [0.3, 0.4) is 0 Å². The average molecular weight is 260 g/mol. The van der Waals surface area contributed by atoms with Crippen LogP contribution >= 0.6 is 0 Å². The van der Waals surface area contributed by atoms with Gasteiger partial charge in [-0.15, -0.1) is 0 Å². The number of fused-ring (bicyclic) bond motifs is 2. The molecule has 4 heteroatoms. The van der Waals surface area contributed by atoms with Crippen LogP contribution in [0.4, 0.5) is 11.4 Å². The van der Waals surface area contributed by atoms with Gasteiger partial charge in [0.25, 0.3) is 0 Å². The molecule has 2 aliphatic carbocycles. The van der Waals surface area contributed by atoms with Crippen LogP contribution in [0.1, 0.15) is 36.0 Å². The van der Waals surface area contributed by atoms with Gasteiger partial charge in [0.15, 0.2) is 0 Å². The summed E-state index contributed by atoms with van der Waals surface area (Å²) in [7, 11) is 1.40. The number of hydrogen-bond acceptors (Lipinski definition) is 4. The smallest absolute Gasteiger partial charge is 0.340 e. The van der Waals surface area contributed by atoms with Gasteiger partial charge >= 0.3 is 5.97 Å². The highest BCUT2D eigenvalue weighted by atomic mass is 16.5. The molecule has 1 aromatic rings. The fourth-order valence-electron chi connectivity index (χ4n) is 3.62. The van der Waals surface area contributed by atoms with E-state index in [0.717, 1.165) is 17.5 Å². The van der Waals surface area contributed by atoms with Crippen LogP contribution in [0.2, 0.25) is 0 Å². The van der Waals surface area contributed by atoms with E-state index >= 15 is 0 Å². The lowest BCUT2D eigenvalue weighted by molar-refractivity contribution is 0.0602. The van der Waals surface area contributed by atoms with Crippen LogP contribution in [-0.2, 0) is 4.74 Å². The topological polar surface area (TPSA) is 64.3 Å². The lowest BCUT2D eigenvalue weighted by Gasteiger charge is -2.25. The molecule has 3 unspecified atom stereocenters. The number of esters is 1. The van der Waals surface area contributed by atoms with Gasteiger partial charge in [0.1, 0.15) is 0 Å². The number of anilines is 2. The van der Waals surface area contributed by atoms with Crippen molar-refractivity contribution in [1.29, 1.82) is 0 Å². The molecule has 2 bridgehead atoms. The number of nitrogen functional groups attached to an aromatic ring is 1. The molecule has 1 aromatic carbocycles. The number of hydrogen-bond donors (Lipinski definition) is 2. The Balaban J connectivity index is 1.85. The Morgan fingerprint density at radius 3 is 2.84 bits per heavy atom. The highest BCUT2D eigenvalue weighted by Crippen LogP contribution is 2.46. The monoisotopic (exact) mass is 260 g/mol. The second kappa shape index (κ2) is 4.76. The van der Waals surface area contributed by atoms with Gasteiger partial charge in [-0.3, -0.25) is 0 Å². The first-order valence-corrected chi connectivity index (χ1v) is 6.92. The van der Waals surface area contributed by atoms with E-state index < -0.39 is 0 Å². The largest absolute Gasteiger partial charge is 0.465 e. The van der Waals surface area contributed by atoms with Crippen LogP contribution in [0.25, 0.3) is 0 Å². The molecule has 0 radical (unpaired) electrons. The first-order valence-electron chi connectivity index (χ1n) is 6.92. The Bertz CT molecular complexity index is 501. The zero-order valence-electron chi connectivity index (χ0n) is 11.2. The number of methoxy groups -OCH3 is 1. The van der Waals surface area contributed by atoms with Crippen molar-refractivity contribution < 1.29 is 9.53 Å². The molecule has 19 heavy (non-hydrogen) atoms. The Morgan fingerprint density at radius 2 is 2.21 bits per heavy atom. The van der Waals surface area contributed by atoms with E-state index in [0.29, 0.717) is 17.3 Å². The summed E-state index contributed by atoms with van der Waals surface area (Å²) in [6.07, 6.45) is 5.16. The van der Waals surface area contributed by atoms with Gasteiger partial charge < -0.3 is 15.8 Å². The van der Waals surface area contributed by atoms with Crippen molar-refractivity contribution in [3.8, 4) is 0 Å². The van der Waals surface area contributed by atoms with E-state index in [2.05, 4.69) is 5.32 Å². The van der Waals surface area contributed by atoms with Gasteiger partial charge in [-0.25, -0.2) is 4.79 Å². The number of nitrogens with two attached hydrogens (primary N) is 1. The molecule has 2 aliphatic rings. The van der Waals surface area contributed by atoms with E-state index in [1.54, 1.807) is 12.1 Å². The third kappa shape index (κ3) is 2.15. The zero-order chi connectivity index (χ0) is 13.4. The predicted octanol–water partition coefficient (Wildman–Crippen LogP) is 2.66. The average Bonchev–Trinajstić information content (AvgIpc) is 3.02. The normalized spacial score (nSPS) is 28.4. The van der Waals surface area contributed by atoms with E-state index in [9.17, 15) is 4.79 Å². The zero-order valence-corrected chi connectivity index (χ0v) is 11.2. The summed E-state index contributed by atoms with van der Waals surface area (Å²) in [4.78, 5) is 11.8. The Labute approximate surface area is 113 Å². The second-order valence-corrected chi connectivity index (χ2v) is 5.69. The van der Waals surface area contributed by atoms with Gasteiger partial charge in [0, 0.05) is 6.04 Å². The molecule has 2 fully saturated rings. The van der Waals surface area contributed by atoms with Gasteiger partial charge in [0.05, 0.1) is 24.0 Å². The number of para-hydroxylation sites is 1. The van der Waals surface area contributed by atoms with E-state index in [1.807, 2.05) is 6.07 Å². The molecule has 0 aliphatic heterocycles. The summed E-state index contributed by atoms with van der Waals surface area (Å²) in [5.74, 6) is 1.25. The summed E-state index contributed by atoms with van der Waals surface area (Å²) in [5.41, 5.74) is 7.91. The summed E-state index contributed by atoms with van der Waals surface area (Å²) >= 11 is 0. The number of rotatable bonds is 3. The molecule has 0 aromatic heterocycles. The summed E-state index contributed by atoms with van der Waals surface area (Å²) in [5, 5.41) is 3.50. The van der Waals surface area contributed by atoms with Crippen molar-refractivity contribution in [3.63, 3.8) is 0 Å². The molecule has 3 rings (SSSR count). The number of benzene rings is 1. The molecular formula is C15H20N2O2. The third-order valence-electron chi connectivity index (χ3n) is 4.57. The fourth-order valence-corrected chi connectivity index (χ4v) is 3.62. The van der Waals surface area contributed by atoms with Crippen LogP contribution in [0.5, 0.6) is 0 Å². The van der Waals surface area contributed by atoms with Crippen molar-refractivity contribution in [2.75, 3.05) is 18.2 Å². The summed E-state index contributed by atoms with van der Waals surface area (Å²) < 4.78 is 4.82. The Kier molecular flexibility index (Phi) is 3.09. The molecule has 0 spiro atoms. The molecule has 0 amide bonds. The SMILES string of the molecule is COC(=O)c1cccc(N)c1NC1CC2CCC1C2. The fraction of sp³-hybridized carbons (Fsp3) is 0.533. The van der Waals surface area contributed by atoms with Crippen molar-refractivity contribution in [2.45, 2.75) is 31.7 Å². The maximum absolute atomic E-state index is 11.8. The highest BCUT2D eigenvalue weighted by Gasteiger charge is 2.39. The quantitative estimate of drug-likeness (QED) is 0.648. The molecule has 0 saturated heterocycles. The van der Waals surface area contributed by atoms with Crippen molar-refractivity contribution in [3.05, 3.63) is 23.8 Å². The maximum Gasteiger partial charge on any atom is 0.340 e. The van der Waals surface area contributed by atoms with Gasteiger partial charge in [-0.1, -0.05) is 12.5 Å². The predicted molar refractivity (Wildman–Crippen MR) is 75.1 cm³/mol. The standard InChI is InChI=1S/C15H20N2O2/c1-19-15(18)11-3-2-4-12(16)14(11)17-13-8-9-5-6-10(13)7-9/h2-4,9-10,13,17H,5-8,16H2,1H3. The lowest BCUT2D eigenvalue weighted by atomic mass is 9.94. The number of carbonyl (C=O) groups is 1. The molecule has 3 N–H and O–H groups in total. The Hall–Kier alpha value is -1.71. The molecule has 3 atom stereocenters. The summed E-state index contributed by atoms with van der Waals surface area (Å²) in [6, 6.07) is 5.82. The molecule has 102 valence electrons. The van der Waals surface area contributed by atoms with Gasteiger partial charge in [0.2, 0.25) is 0 Å². The third-order valence-corrected chi connectivity index (χ3v) is 4.57. The molecular weight excluding hydrogens is 240 g/mol. The molecule has 4 nitrogen and oxygen atoms in total. The highest BCUT2D eigenvalue weighted by molar-refractivity contribution is 5.98. The first-order chi connectivity index (χ1) is 9.19. The first kappa shape index (κ1) is 12.3. The van der Waals surface area contributed by atoms with Crippen LogP contribution in [0.15, 0.2) is 18.2 Å². The number of ether oxygens (including phenoxy) is 1. The van der Waals surface area contributed by atoms with Crippen molar-refractivity contribution >= 4 is 17.3 Å². The minimum Gasteiger partial charge on any atom is -0.465 e. The Morgan fingerprint density at radius 1 is 1.37 bits per heavy atom. The van der Waals surface area contributed by atoms with Gasteiger partial charge in [-0.2, -0.15) is 0 Å². The molecule has 0 heterocycles. The van der Waals surface area contributed by atoms with E-state index in [4.69, 9.17) is 10.5 Å². The second-order valence-electron chi connectivity index (χ2n) is 5.69. The minimum atomic E-state index is -0.335. The van der Waals surface area contributed by atoms with Crippen molar-refractivity contribution in [2.24, 2.45) is 11.8 Å². The molecule has 2 saturated carbocycles. The van der Waals surface area contributed by atoms with Crippen LogP contribution in [-0.4, -0.2) is 19.1 Å². The van der Waals surface area contributed by atoms with Crippen LogP contribution < -0.4 is 11.1 Å².